The quantitative estimate of drug-likeness (QED) is 0.409. The number of aromatic amines is 1. The topological polar surface area (TPSA) is 83.0 Å². The summed E-state index contributed by atoms with van der Waals surface area (Å²) in [7, 11) is 0. The maximum absolute atomic E-state index is 13.0. The van der Waals surface area contributed by atoms with E-state index in [9.17, 15) is 22.8 Å². The van der Waals surface area contributed by atoms with E-state index < -0.39 is 24.5 Å². The molecule has 3 aromatic heterocycles. The van der Waals surface area contributed by atoms with Gasteiger partial charge in [-0.05, 0) is 30.4 Å². The van der Waals surface area contributed by atoms with Gasteiger partial charge in [-0.2, -0.15) is 18.3 Å². The number of hydrogen-bond donors (Lipinski definition) is 2. The van der Waals surface area contributed by atoms with Crippen LogP contribution in [-0.4, -0.2) is 57.3 Å². The van der Waals surface area contributed by atoms with Gasteiger partial charge in [0.25, 0.3) is 11.8 Å². The number of thiophene rings is 1. The molecule has 2 N–H and O–H groups in total. The molecule has 2 aliphatic heterocycles. The van der Waals surface area contributed by atoms with E-state index in [2.05, 4.69) is 10.3 Å². The predicted molar refractivity (Wildman–Crippen MR) is 127 cm³/mol. The van der Waals surface area contributed by atoms with Gasteiger partial charge in [0.15, 0.2) is 0 Å². The van der Waals surface area contributed by atoms with Crippen LogP contribution in [-0.2, 0) is 9.59 Å². The average molecular weight is 500 g/mol. The van der Waals surface area contributed by atoms with Crippen molar-refractivity contribution in [3.63, 3.8) is 0 Å². The van der Waals surface area contributed by atoms with Crippen LogP contribution in [0.15, 0.2) is 41.9 Å². The molecule has 180 valence electrons. The number of amides is 2. The average Bonchev–Trinajstić information content (AvgIpc) is 3.56. The lowest BCUT2D eigenvalue weighted by molar-refractivity contribution is -0.148. The number of fused-ring (bicyclic) bond motifs is 2. The number of hydrogen-bond acceptors (Lipinski definition) is 5. The Bertz CT molecular complexity index is 1500. The van der Waals surface area contributed by atoms with Crippen LogP contribution >= 0.6 is 11.3 Å². The van der Waals surface area contributed by atoms with Crippen molar-refractivity contribution in [3.05, 3.63) is 53.2 Å². The number of rotatable bonds is 4. The third kappa shape index (κ3) is 3.75. The summed E-state index contributed by atoms with van der Waals surface area (Å²) >= 11 is 1.51. The van der Waals surface area contributed by atoms with E-state index in [1.165, 1.54) is 16.2 Å². The Hall–Kier alpha value is -3.44. The number of para-hydroxylation sites is 1. The van der Waals surface area contributed by atoms with E-state index in [4.69, 9.17) is 5.10 Å². The first-order valence-electron chi connectivity index (χ1n) is 11.2. The van der Waals surface area contributed by atoms with Crippen molar-refractivity contribution < 1.29 is 22.8 Å². The minimum absolute atomic E-state index is 0.113. The summed E-state index contributed by atoms with van der Waals surface area (Å²) in [5, 5.41) is 10.7. The van der Waals surface area contributed by atoms with Crippen molar-refractivity contribution in [2.45, 2.75) is 25.1 Å². The van der Waals surface area contributed by atoms with Gasteiger partial charge < -0.3 is 4.98 Å². The number of nitrogens with zero attached hydrogens (tertiary/aromatic N) is 3. The summed E-state index contributed by atoms with van der Waals surface area (Å²) in [5.41, 5.74) is 2.31. The number of carbonyl (C=O) groups excluding carboxylic acids is 2. The molecule has 2 amide bonds. The van der Waals surface area contributed by atoms with Gasteiger partial charge in [-0.25, -0.2) is 0 Å². The molecule has 4 aromatic rings. The molecule has 11 heteroatoms. The van der Waals surface area contributed by atoms with Crippen molar-refractivity contribution in [1.82, 2.24) is 25.0 Å². The molecule has 0 spiro atoms. The molecule has 2 aliphatic rings. The summed E-state index contributed by atoms with van der Waals surface area (Å²) in [6.45, 7) is -0.308. The molecule has 1 fully saturated rings. The zero-order chi connectivity index (χ0) is 24.3. The number of halogens is 3. The van der Waals surface area contributed by atoms with E-state index in [0.29, 0.717) is 37.2 Å². The van der Waals surface area contributed by atoms with E-state index in [-0.39, 0.29) is 17.2 Å². The highest BCUT2D eigenvalue weighted by Gasteiger charge is 2.37. The van der Waals surface area contributed by atoms with Crippen molar-refractivity contribution in [3.8, 4) is 0 Å². The number of likely N-dealkylation sites (tertiary alicyclic amines) is 1. The van der Waals surface area contributed by atoms with Gasteiger partial charge in [-0.15, -0.1) is 11.3 Å². The van der Waals surface area contributed by atoms with Crippen LogP contribution in [0.2, 0.25) is 0 Å². The first-order chi connectivity index (χ1) is 16.8. The van der Waals surface area contributed by atoms with Crippen LogP contribution in [0.4, 0.5) is 13.2 Å². The van der Waals surface area contributed by atoms with Gasteiger partial charge in [0.1, 0.15) is 10.5 Å². The van der Waals surface area contributed by atoms with Gasteiger partial charge in [0, 0.05) is 35.6 Å². The van der Waals surface area contributed by atoms with Crippen LogP contribution in [0.5, 0.6) is 0 Å². The molecule has 0 bridgehead atoms. The highest BCUT2D eigenvalue weighted by molar-refractivity contribution is 7.16. The van der Waals surface area contributed by atoms with E-state index in [0.717, 1.165) is 21.1 Å². The molecule has 35 heavy (non-hydrogen) atoms. The highest BCUT2D eigenvalue weighted by Crippen LogP contribution is 2.39. The zero-order valence-electron chi connectivity index (χ0n) is 18.4. The van der Waals surface area contributed by atoms with Gasteiger partial charge in [-0.1, -0.05) is 18.2 Å². The second kappa shape index (κ2) is 8.06. The van der Waals surface area contributed by atoms with Gasteiger partial charge in [-0.3, -0.25) is 24.5 Å². The number of piperidine rings is 1. The Labute approximate surface area is 201 Å². The number of aromatic nitrogens is 3. The summed E-state index contributed by atoms with van der Waals surface area (Å²) in [4.78, 5) is 31.4. The van der Waals surface area contributed by atoms with Crippen molar-refractivity contribution in [2.24, 2.45) is 0 Å². The maximum Gasteiger partial charge on any atom is 0.401 e. The minimum atomic E-state index is -4.23. The molecule has 1 saturated heterocycles. The van der Waals surface area contributed by atoms with E-state index >= 15 is 0 Å². The summed E-state index contributed by atoms with van der Waals surface area (Å²) in [5.74, 6) is -0.985. The summed E-state index contributed by atoms with van der Waals surface area (Å²) in [6.07, 6.45) is -1.49. The fourth-order valence-electron chi connectivity index (χ4n) is 5.12. The molecule has 6 rings (SSSR count). The van der Waals surface area contributed by atoms with Crippen LogP contribution in [0.25, 0.3) is 32.3 Å². The van der Waals surface area contributed by atoms with Crippen molar-refractivity contribution in [2.75, 3.05) is 19.6 Å². The van der Waals surface area contributed by atoms with E-state index in [1.807, 2.05) is 40.4 Å². The number of benzene rings is 1. The summed E-state index contributed by atoms with van der Waals surface area (Å²) < 4.78 is 40.2. The number of imide groups is 1. The van der Waals surface area contributed by atoms with Crippen LogP contribution in [0, 0.1) is 0 Å². The van der Waals surface area contributed by atoms with Gasteiger partial charge in [0.2, 0.25) is 0 Å². The third-order valence-corrected chi connectivity index (χ3v) is 7.51. The first kappa shape index (κ1) is 22.1. The molecule has 0 radical (unpaired) electrons. The van der Waals surface area contributed by atoms with Crippen molar-refractivity contribution in [1.29, 1.82) is 0 Å². The second-order valence-electron chi connectivity index (χ2n) is 8.83. The Balaban J connectivity index is 1.44. The highest BCUT2D eigenvalue weighted by atomic mass is 32.1. The molecule has 7 nitrogen and oxygen atoms in total. The SMILES string of the molecule is O=C1NC(=O)C(c2nn(C3CCN(CC(F)(F)F)CC3)c3ccccc23)=C1c1c[nH]c2sccc12. The zero-order valence-corrected chi connectivity index (χ0v) is 19.2. The molecule has 0 atom stereocenters. The lowest BCUT2D eigenvalue weighted by Gasteiger charge is -2.32. The molecule has 0 saturated carbocycles. The largest absolute Gasteiger partial charge is 0.401 e. The molecule has 1 aromatic carbocycles. The third-order valence-electron chi connectivity index (χ3n) is 6.66. The second-order valence-corrected chi connectivity index (χ2v) is 9.75. The molecular formula is C24H20F3N5O2S. The lowest BCUT2D eigenvalue weighted by Crippen LogP contribution is -2.40. The number of nitrogens with one attached hydrogen (secondary N) is 2. The lowest BCUT2D eigenvalue weighted by atomic mass is 9.98. The first-order valence-corrected chi connectivity index (χ1v) is 12.1. The van der Waals surface area contributed by atoms with E-state index in [1.54, 1.807) is 6.20 Å². The maximum atomic E-state index is 13.0. The molecule has 5 heterocycles. The molecule has 0 aliphatic carbocycles. The van der Waals surface area contributed by atoms with Crippen LogP contribution in [0.3, 0.4) is 0 Å². The summed E-state index contributed by atoms with van der Waals surface area (Å²) in [6, 6.07) is 9.22. The fourth-order valence-corrected chi connectivity index (χ4v) is 5.89. The molecular weight excluding hydrogens is 479 g/mol. The number of carbonyl (C=O) groups is 2. The van der Waals surface area contributed by atoms with Gasteiger partial charge in [0.05, 0.1) is 29.2 Å². The van der Waals surface area contributed by atoms with Crippen LogP contribution < -0.4 is 5.32 Å². The monoisotopic (exact) mass is 499 g/mol. The minimum Gasteiger partial charge on any atom is -0.352 e. The Morgan fingerprint density at radius 3 is 2.54 bits per heavy atom. The Kier molecular flexibility index (Phi) is 5.08. The predicted octanol–water partition coefficient (Wildman–Crippen LogP) is 4.35. The normalized spacial score (nSPS) is 18.4. The Morgan fingerprint density at radius 1 is 1.03 bits per heavy atom. The smallest absolute Gasteiger partial charge is 0.352 e. The van der Waals surface area contributed by atoms with Gasteiger partial charge >= 0.3 is 6.18 Å². The molecule has 0 unspecified atom stereocenters. The number of alkyl halides is 3. The number of H-pyrrole nitrogens is 1. The van der Waals surface area contributed by atoms with Crippen molar-refractivity contribution >= 4 is 55.4 Å². The van der Waals surface area contributed by atoms with Crippen LogP contribution in [0.1, 0.15) is 30.1 Å². The fraction of sp³-hybridized carbons (Fsp3) is 0.292. The Morgan fingerprint density at radius 2 is 1.77 bits per heavy atom. The standard InChI is InChI=1S/C24H20F3N5O2S/c25-24(26,27)12-31-8-5-13(6-9-31)32-17-4-2-1-3-15(17)20(30-32)19-18(21(33)29-22(19)34)16-11-28-23-14(16)7-10-35-23/h1-4,7,10-11,13,28H,5-6,8-9,12H2,(H,29,33,34).